The monoisotopic (exact) mass is 227 g/mol. The van der Waals surface area contributed by atoms with E-state index in [0.717, 1.165) is 17.4 Å². The van der Waals surface area contributed by atoms with Crippen molar-refractivity contribution in [3.05, 3.63) is 30.3 Å². The number of carbonyl (C=O) groups is 1. The summed E-state index contributed by atoms with van der Waals surface area (Å²) in [6.45, 7) is -0.499. The van der Waals surface area contributed by atoms with E-state index in [-0.39, 0.29) is 5.12 Å². The Morgan fingerprint density at radius 1 is 1.43 bits per heavy atom. The zero-order chi connectivity index (χ0) is 10.4. The molecule has 0 fully saturated rings. The predicted molar refractivity (Wildman–Crippen MR) is 62.3 cm³/mol. The number of thioether (sulfide) groups is 1. The summed E-state index contributed by atoms with van der Waals surface area (Å²) in [5, 5.41) is 11.0. The van der Waals surface area contributed by atoms with Crippen molar-refractivity contribution in [3.8, 4) is 0 Å². The normalized spacial score (nSPS) is 9.50. The fourth-order valence-electron chi connectivity index (χ4n) is 0.801. The zero-order valence-electron chi connectivity index (χ0n) is 7.27. The van der Waals surface area contributed by atoms with Gasteiger partial charge in [0.15, 0.2) is 0 Å². The first-order valence-corrected chi connectivity index (χ1v) is 5.12. The van der Waals surface area contributed by atoms with Crippen LogP contribution in [0.5, 0.6) is 0 Å². The van der Waals surface area contributed by atoms with Gasteiger partial charge in [0.05, 0.1) is 0 Å². The van der Waals surface area contributed by atoms with Crippen molar-refractivity contribution in [1.29, 1.82) is 0 Å². The van der Waals surface area contributed by atoms with Crippen molar-refractivity contribution in [1.82, 2.24) is 0 Å². The van der Waals surface area contributed by atoms with Crippen LogP contribution >= 0.6 is 24.0 Å². The number of benzene rings is 1. The predicted octanol–water partition coefficient (Wildman–Crippen LogP) is 1.64. The summed E-state index contributed by atoms with van der Waals surface area (Å²) in [6, 6.07) is 9.31. The van der Waals surface area contributed by atoms with Gasteiger partial charge in [-0.15, -0.1) is 0 Å². The van der Waals surface area contributed by atoms with E-state index < -0.39 is 6.61 Å². The Kier molecular flexibility index (Phi) is 4.58. The van der Waals surface area contributed by atoms with Crippen molar-refractivity contribution in [2.45, 2.75) is 0 Å². The average molecular weight is 227 g/mol. The zero-order valence-corrected chi connectivity index (χ0v) is 8.90. The van der Waals surface area contributed by atoms with E-state index in [1.54, 1.807) is 0 Å². The van der Waals surface area contributed by atoms with Crippen LogP contribution < -0.4 is 5.32 Å². The molecule has 14 heavy (non-hydrogen) atoms. The molecule has 0 atom stereocenters. The number of aliphatic hydroxyl groups is 1. The van der Waals surface area contributed by atoms with Crippen molar-refractivity contribution in [2.75, 3.05) is 11.9 Å². The van der Waals surface area contributed by atoms with E-state index in [1.165, 1.54) is 0 Å². The van der Waals surface area contributed by atoms with Crippen molar-refractivity contribution in [3.63, 3.8) is 0 Å². The highest BCUT2D eigenvalue weighted by Gasteiger charge is 2.05. The van der Waals surface area contributed by atoms with Crippen LogP contribution in [0.15, 0.2) is 30.3 Å². The maximum atomic E-state index is 10.8. The van der Waals surface area contributed by atoms with E-state index in [4.69, 9.17) is 17.3 Å². The first-order valence-electron chi connectivity index (χ1n) is 3.90. The standard InChI is InChI=1S/C9H9NO2S2/c11-6-8(12)14-9(13)10-7-4-2-1-3-5-7/h1-5,11H,6H2,(H,10,13). The fraction of sp³-hybridized carbons (Fsp3) is 0.111. The minimum atomic E-state index is -0.499. The molecule has 0 radical (unpaired) electrons. The SMILES string of the molecule is O=C(CO)SC(=S)Nc1ccccc1. The largest absolute Gasteiger partial charge is 0.388 e. The lowest BCUT2D eigenvalue weighted by Gasteiger charge is -2.04. The topological polar surface area (TPSA) is 49.3 Å². The molecule has 3 nitrogen and oxygen atoms in total. The van der Waals surface area contributed by atoms with Gasteiger partial charge in [-0.05, 0) is 23.9 Å². The molecule has 0 aromatic heterocycles. The number of carbonyl (C=O) groups excluding carboxylic acids is 1. The number of anilines is 1. The highest BCUT2D eigenvalue weighted by Crippen LogP contribution is 2.11. The third-order valence-corrected chi connectivity index (χ3v) is 2.35. The van der Waals surface area contributed by atoms with E-state index in [9.17, 15) is 4.79 Å². The van der Waals surface area contributed by atoms with Gasteiger partial charge in [0.25, 0.3) is 0 Å². The van der Waals surface area contributed by atoms with Gasteiger partial charge in [0.2, 0.25) is 5.12 Å². The summed E-state index contributed by atoms with van der Waals surface area (Å²) in [4.78, 5) is 10.8. The summed E-state index contributed by atoms with van der Waals surface area (Å²) in [5.74, 6) is 0. The number of thiocarbonyl (C=S) groups is 1. The summed E-state index contributed by atoms with van der Waals surface area (Å²) < 4.78 is 0.343. The molecule has 0 aliphatic carbocycles. The molecule has 0 bridgehead atoms. The molecule has 0 spiro atoms. The molecule has 0 aliphatic rings. The van der Waals surface area contributed by atoms with Crippen LogP contribution in [-0.4, -0.2) is 21.1 Å². The molecule has 1 rings (SSSR count). The first-order chi connectivity index (χ1) is 6.72. The average Bonchev–Trinajstić information content (AvgIpc) is 2.19. The third-order valence-electron chi connectivity index (χ3n) is 1.36. The Bertz CT molecular complexity index is 327. The molecule has 0 amide bonds. The molecule has 0 heterocycles. The van der Waals surface area contributed by atoms with Crippen LogP contribution in [0.25, 0.3) is 0 Å². The quantitative estimate of drug-likeness (QED) is 0.752. The Hall–Kier alpha value is -0.910. The van der Waals surface area contributed by atoms with Crippen LogP contribution in [0.1, 0.15) is 0 Å². The summed E-state index contributed by atoms with van der Waals surface area (Å²) in [6.07, 6.45) is 0. The van der Waals surface area contributed by atoms with Crippen molar-refractivity contribution in [2.24, 2.45) is 0 Å². The lowest BCUT2D eigenvalue weighted by molar-refractivity contribution is -0.113. The molecule has 2 N–H and O–H groups in total. The first kappa shape index (κ1) is 11.2. The van der Waals surface area contributed by atoms with Gasteiger partial charge in [-0.1, -0.05) is 30.4 Å². The van der Waals surface area contributed by atoms with Gasteiger partial charge in [-0.2, -0.15) is 0 Å². The lowest BCUT2D eigenvalue weighted by atomic mass is 10.3. The molecule has 1 aromatic rings. The molecular weight excluding hydrogens is 218 g/mol. The Balaban J connectivity index is 2.46. The Morgan fingerprint density at radius 3 is 2.64 bits per heavy atom. The molecule has 5 heteroatoms. The second-order valence-electron chi connectivity index (χ2n) is 2.41. The summed E-state index contributed by atoms with van der Waals surface area (Å²) >= 11 is 5.72. The van der Waals surface area contributed by atoms with Gasteiger partial charge in [-0.3, -0.25) is 4.79 Å². The molecule has 0 unspecified atom stereocenters. The smallest absolute Gasteiger partial charge is 0.221 e. The highest BCUT2D eigenvalue weighted by molar-refractivity contribution is 8.33. The second kappa shape index (κ2) is 5.74. The van der Waals surface area contributed by atoms with E-state index in [2.05, 4.69) is 5.32 Å². The van der Waals surface area contributed by atoms with Crippen LogP contribution in [0.3, 0.4) is 0 Å². The second-order valence-corrected chi connectivity index (χ2v) is 4.15. The van der Waals surface area contributed by atoms with E-state index >= 15 is 0 Å². The molecule has 74 valence electrons. The fourth-order valence-corrected chi connectivity index (χ4v) is 1.64. The van der Waals surface area contributed by atoms with Gasteiger partial charge in [-0.25, -0.2) is 0 Å². The number of aliphatic hydroxyl groups excluding tert-OH is 1. The molecule has 0 aliphatic heterocycles. The summed E-state index contributed by atoms with van der Waals surface area (Å²) in [7, 11) is 0. The Labute approximate surface area is 91.5 Å². The number of rotatable bonds is 2. The maximum absolute atomic E-state index is 10.8. The number of para-hydroxylation sites is 1. The van der Waals surface area contributed by atoms with Crippen molar-refractivity contribution < 1.29 is 9.90 Å². The van der Waals surface area contributed by atoms with Gasteiger partial charge >= 0.3 is 0 Å². The van der Waals surface area contributed by atoms with Gasteiger partial charge in [0.1, 0.15) is 10.9 Å². The molecule has 0 saturated heterocycles. The van der Waals surface area contributed by atoms with Crippen LogP contribution in [0.4, 0.5) is 5.69 Å². The van der Waals surface area contributed by atoms with Gasteiger partial charge < -0.3 is 10.4 Å². The maximum Gasteiger partial charge on any atom is 0.221 e. The molecular formula is C9H9NO2S2. The van der Waals surface area contributed by atoms with E-state index in [1.807, 2.05) is 30.3 Å². The van der Waals surface area contributed by atoms with Gasteiger partial charge in [0, 0.05) is 5.69 Å². The number of hydrogen-bond donors (Lipinski definition) is 2. The highest BCUT2D eigenvalue weighted by atomic mass is 32.2. The third kappa shape index (κ3) is 3.87. The number of nitrogens with one attached hydrogen (secondary N) is 1. The molecule has 0 saturated carbocycles. The van der Waals surface area contributed by atoms with Crippen LogP contribution in [0, 0.1) is 0 Å². The minimum absolute atomic E-state index is 0.343. The van der Waals surface area contributed by atoms with Crippen LogP contribution in [0.2, 0.25) is 0 Å². The lowest BCUT2D eigenvalue weighted by Crippen LogP contribution is -2.09. The number of hydrogen-bond acceptors (Lipinski definition) is 4. The molecule has 1 aromatic carbocycles. The summed E-state index contributed by atoms with van der Waals surface area (Å²) in [5.41, 5.74) is 0.829. The Morgan fingerprint density at radius 2 is 2.07 bits per heavy atom. The minimum Gasteiger partial charge on any atom is -0.388 e. The van der Waals surface area contributed by atoms with Crippen molar-refractivity contribution >= 4 is 39.1 Å². The van der Waals surface area contributed by atoms with E-state index in [0.29, 0.717) is 4.32 Å². The van der Waals surface area contributed by atoms with Crippen LogP contribution in [-0.2, 0) is 4.79 Å².